The van der Waals surface area contributed by atoms with Gasteiger partial charge < -0.3 is 5.32 Å². The average molecular weight is 257 g/mol. The molecule has 0 bridgehead atoms. The predicted molar refractivity (Wildman–Crippen MR) is 70.6 cm³/mol. The first kappa shape index (κ1) is 13.8. The van der Waals surface area contributed by atoms with E-state index in [2.05, 4.69) is 26.1 Å². The van der Waals surface area contributed by atoms with Crippen molar-refractivity contribution in [3.63, 3.8) is 0 Å². The quantitative estimate of drug-likeness (QED) is 0.638. The van der Waals surface area contributed by atoms with E-state index < -0.39 is 4.92 Å². The lowest BCUT2D eigenvalue weighted by molar-refractivity contribution is -0.384. The summed E-state index contributed by atoms with van der Waals surface area (Å²) in [5, 5.41) is 14.2. The second kappa shape index (κ2) is 5.87. The van der Waals surface area contributed by atoms with Crippen LogP contribution in [0.2, 0.25) is 5.02 Å². The molecular weight excluding hydrogens is 240 g/mol. The minimum absolute atomic E-state index is 0.0109. The Hall–Kier alpha value is -1.29. The molecule has 0 saturated heterocycles. The standard InChI is InChI=1S/C12H17ClN2O2/c1-4-8(2)9(3)14-12-6-5-10(15(16)17)7-11(12)13/h5-9,14H,4H2,1-3H3. The summed E-state index contributed by atoms with van der Waals surface area (Å²) in [5.41, 5.74) is 0.752. The lowest BCUT2D eigenvalue weighted by Crippen LogP contribution is -2.23. The molecule has 5 heteroatoms. The highest BCUT2D eigenvalue weighted by atomic mass is 35.5. The third-order valence-corrected chi connectivity index (χ3v) is 3.36. The number of hydrogen-bond donors (Lipinski definition) is 1. The number of nitrogens with one attached hydrogen (secondary N) is 1. The van der Waals surface area contributed by atoms with Crippen molar-refractivity contribution in [3.8, 4) is 0 Å². The van der Waals surface area contributed by atoms with Crippen molar-refractivity contribution in [1.29, 1.82) is 0 Å². The van der Waals surface area contributed by atoms with Crippen LogP contribution in [0.15, 0.2) is 18.2 Å². The second-order valence-electron chi connectivity index (χ2n) is 4.24. The number of nitro benzene ring substituents is 1. The molecule has 0 aliphatic rings. The molecule has 0 fully saturated rings. The Kier molecular flexibility index (Phi) is 4.75. The third kappa shape index (κ3) is 3.60. The maximum atomic E-state index is 10.6. The lowest BCUT2D eigenvalue weighted by atomic mass is 10.0. The van der Waals surface area contributed by atoms with E-state index in [0.29, 0.717) is 10.9 Å². The third-order valence-electron chi connectivity index (χ3n) is 3.04. The Balaban J connectivity index is 2.82. The van der Waals surface area contributed by atoms with Crippen LogP contribution in [-0.2, 0) is 0 Å². The molecule has 0 aromatic heterocycles. The largest absolute Gasteiger partial charge is 0.381 e. The molecule has 1 rings (SSSR count). The Labute approximate surface area is 106 Å². The summed E-state index contributed by atoms with van der Waals surface area (Å²) >= 11 is 6.00. The Bertz CT molecular complexity index is 409. The maximum absolute atomic E-state index is 10.6. The average Bonchev–Trinajstić information content (AvgIpc) is 2.30. The van der Waals surface area contributed by atoms with Crippen LogP contribution < -0.4 is 5.32 Å². The molecule has 4 nitrogen and oxygen atoms in total. The van der Waals surface area contributed by atoms with Crippen LogP contribution in [0, 0.1) is 16.0 Å². The van der Waals surface area contributed by atoms with E-state index in [4.69, 9.17) is 11.6 Å². The van der Waals surface area contributed by atoms with Crippen LogP contribution in [0.5, 0.6) is 0 Å². The zero-order valence-electron chi connectivity index (χ0n) is 10.2. The number of hydrogen-bond acceptors (Lipinski definition) is 3. The Morgan fingerprint density at radius 1 is 1.47 bits per heavy atom. The van der Waals surface area contributed by atoms with Crippen LogP contribution in [0.3, 0.4) is 0 Å². The molecule has 0 heterocycles. The van der Waals surface area contributed by atoms with Gasteiger partial charge in [0.05, 0.1) is 15.6 Å². The fourth-order valence-corrected chi connectivity index (χ4v) is 1.71. The number of nitrogens with zero attached hydrogens (tertiary/aromatic N) is 1. The molecule has 17 heavy (non-hydrogen) atoms. The van der Waals surface area contributed by atoms with Crippen LogP contribution >= 0.6 is 11.6 Å². The molecule has 0 radical (unpaired) electrons. The van der Waals surface area contributed by atoms with Crippen molar-refractivity contribution in [2.24, 2.45) is 5.92 Å². The SMILES string of the molecule is CCC(C)C(C)Nc1ccc([N+](=O)[O-])cc1Cl. The van der Waals surface area contributed by atoms with Crippen molar-refractivity contribution in [1.82, 2.24) is 0 Å². The molecule has 0 aliphatic heterocycles. The van der Waals surface area contributed by atoms with Crippen molar-refractivity contribution in [2.75, 3.05) is 5.32 Å². The summed E-state index contributed by atoms with van der Waals surface area (Å²) in [6.07, 6.45) is 1.07. The van der Waals surface area contributed by atoms with Gasteiger partial charge in [-0.2, -0.15) is 0 Å². The van der Waals surface area contributed by atoms with E-state index in [9.17, 15) is 10.1 Å². The highest BCUT2D eigenvalue weighted by Crippen LogP contribution is 2.28. The van der Waals surface area contributed by atoms with Gasteiger partial charge in [-0.3, -0.25) is 10.1 Å². The van der Waals surface area contributed by atoms with Crippen molar-refractivity contribution in [2.45, 2.75) is 33.2 Å². The van der Waals surface area contributed by atoms with Gasteiger partial charge in [-0.25, -0.2) is 0 Å². The second-order valence-corrected chi connectivity index (χ2v) is 4.65. The van der Waals surface area contributed by atoms with Crippen LogP contribution in [-0.4, -0.2) is 11.0 Å². The smallest absolute Gasteiger partial charge is 0.271 e. The molecule has 0 saturated carbocycles. The van der Waals surface area contributed by atoms with E-state index in [-0.39, 0.29) is 11.7 Å². The number of rotatable bonds is 5. The van der Waals surface area contributed by atoms with Crippen LogP contribution in [0.4, 0.5) is 11.4 Å². The molecule has 1 N–H and O–H groups in total. The van der Waals surface area contributed by atoms with Crippen molar-refractivity contribution < 1.29 is 4.92 Å². The molecular formula is C12H17ClN2O2. The Morgan fingerprint density at radius 2 is 2.12 bits per heavy atom. The van der Waals surface area contributed by atoms with Crippen LogP contribution in [0.1, 0.15) is 27.2 Å². The fraction of sp³-hybridized carbons (Fsp3) is 0.500. The Morgan fingerprint density at radius 3 is 2.59 bits per heavy atom. The zero-order chi connectivity index (χ0) is 13.0. The number of non-ortho nitro benzene ring substituents is 1. The van der Waals surface area contributed by atoms with Gasteiger partial charge in [0.1, 0.15) is 0 Å². The molecule has 0 aliphatic carbocycles. The van der Waals surface area contributed by atoms with E-state index in [1.807, 2.05) is 0 Å². The summed E-state index contributed by atoms with van der Waals surface area (Å²) < 4.78 is 0. The molecule has 94 valence electrons. The molecule has 2 atom stereocenters. The van der Waals surface area contributed by atoms with Gasteiger partial charge in [0, 0.05) is 18.2 Å². The number of benzene rings is 1. The molecule has 1 aromatic carbocycles. The van der Waals surface area contributed by atoms with Crippen molar-refractivity contribution >= 4 is 23.0 Å². The minimum atomic E-state index is -0.451. The van der Waals surface area contributed by atoms with Crippen LogP contribution in [0.25, 0.3) is 0 Å². The highest BCUT2D eigenvalue weighted by molar-refractivity contribution is 6.33. The van der Waals surface area contributed by atoms with Gasteiger partial charge in [-0.15, -0.1) is 0 Å². The van der Waals surface area contributed by atoms with Crippen molar-refractivity contribution in [3.05, 3.63) is 33.3 Å². The van der Waals surface area contributed by atoms with E-state index >= 15 is 0 Å². The first-order valence-electron chi connectivity index (χ1n) is 5.66. The molecule has 1 aromatic rings. The molecule has 2 unspecified atom stereocenters. The van der Waals surface area contributed by atoms with Gasteiger partial charge in [-0.1, -0.05) is 31.9 Å². The number of anilines is 1. The van der Waals surface area contributed by atoms with Gasteiger partial charge >= 0.3 is 0 Å². The summed E-state index contributed by atoms with van der Waals surface area (Å²) in [4.78, 5) is 10.1. The first-order chi connectivity index (χ1) is 7.95. The molecule has 0 spiro atoms. The fourth-order valence-electron chi connectivity index (χ4n) is 1.48. The van der Waals surface area contributed by atoms with Gasteiger partial charge in [0.2, 0.25) is 0 Å². The first-order valence-corrected chi connectivity index (χ1v) is 6.04. The molecule has 0 amide bonds. The zero-order valence-corrected chi connectivity index (χ0v) is 11.0. The maximum Gasteiger partial charge on any atom is 0.271 e. The lowest BCUT2D eigenvalue weighted by Gasteiger charge is -2.21. The highest BCUT2D eigenvalue weighted by Gasteiger charge is 2.13. The number of nitro groups is 1. The summed E-state index contributed by atoms with van der Waals surface area (Å²) in [7, 11) is 0. The van der Waals surface area contributed by atoms with E-state index in [1.165, 1.54) is 12.1 Å². The minimum Gasteiger partial charge on any atom is -0.381 e. The van der Waals surface area contributed by atoms with Gasteiger partial charge in [-0.05, 0) is 18.9 Å². The van der Waals surface area contributed by atoms with Gasteiger partial charge in [0.25, 0.3) is 5.69 Å². The monoisotopic (exact) mass is 256 g/mol. The van der Waals surface area contributed by atoms with E-state index in [0.717, 1.165) is 12.1 Å². The summed E-state index contributed by atoms with van der Waals surface area (Å²) in [6.45, 7) is 6.35. The summed E-state index contributed by atoms with van der Waals surface area (Å²) in [6, 6.07) is 4.75. The predicted octanol–water partition coefficient (Wildman–Crippen LogP) is 4.09. The van der Waals surface area contributed by atoms with Gasteiger partial charge in [0.15, 0.2) is 0 Å². The summed E-state index contributed by atoms with van der Waals surface area (Å²) in [5.74, 6) is 0.515. The topological polar surface area (TPSA) is 55.2 Å². The number of halogens is 1. The normalized spacial score (nSPS) is 14.1. The van der Waals surface area contributed by atoms with E-state index in [1.54, 1.807) is 6.07 Å².